The lowest BCUT2D eigenvalue weighted by Gasteiger charge is -2.00. The first-order chi connectivity index (χ1) is 6.27. The molecule has 0 amide bonds. The average Bonchev–Trinajstić information content (AvgIpc) is 2.17. The number of halogens is 1. The van der Waals surface area contributed by atoms with E-state index in [9.17, 15) is 0 Å². The fourth-order valence-corrected chi connectivity index (χ4v) is 1.10. The zero-order chi connectivity index (χ0) is 9.68. The van der Waals surface area contributed by atoms with Crippen molar-refractivity contribution in [2.45, 2.75) is 13.5 Å². The van der Waals surface area contributed by atoms with Crippen molar-refractivity contribution < 1.29 is 5.11 Å². The molecular formula is C11H11ClO. The highest BCUT2D eigenvalue weighted by Crippen LogP contribution is 2.09. The van der Waals surface area contributed by atoms with Gasteiger partial charge in [0.2, 0.25) is 0 Å². The van der Waals surface area contributed by atoms with E-state index in [2.05, 4.69) is 11.8 Å². The minimum atomic E-state index is 0.0514. The Morgan fingerprint density at radius 3 is 2.85 bits per heavy atom. The highest BCUT2D eigenvalue weighted by molar-refractivity contribution is 6.19. The Hall–Kier alpha value is -0.970. The predicted molar refractivity (Wildman–Crippen MR) is 54.7 cm³/mol. The van der Waals surface area contributed by atoms with Crippen molar-refractivity contribution in [3.63, 3.8) is 0 Å². The molecule has 1 rings (SSSR count). The largest absolute Gasteiger partial charge is 0.392 e. The third-order valence-electron chi connectivity index (χ3n) is 1.77. The third-order valence-corrected chi connectivity index (χ3v) is 1.91. The number of aliphatic hydroxyl groups is 1. The summed E-state index contributed by atoms with van der Waals surface area (Å²) in [4.78, 5) is 0. The van der Waals surface area contributed by atoms with Crippen molar-refractivity contribution in [2.75, 3.05) is 5.88 Å². The van der Waals surface area contributed by atoms with Crippen LogP contribution < -0.4 is 0 Å². The van der Waals surface area contributed by atoms with Gasteiger partial charge in [-0.05, 0) is 24.1 Å². The maximum Gasteiger partial charge on any atom is 0.0839 e. The molecule has 1 N–H and O–H groups in total. The second-order valence-electron chi connectivity index (χ2n) is 2.74. The van der Waals surface area contributed by atoms with E-state index in [0.717, 1.165) is 16.7 Å². The fraction of sp³-hybridized carbons (Fsp3) is 0.273. The summed E-state index contributed by atoms with van der Waals surface area (Å²) in [5.74, 6) is 6.07. The number of hydrogen-bond donors (Lipinski definition) is 1. The van der Waals surface area contributed by atoms with Gasteiger partial charge in [-0.3, -0.25) is 0 Å². The summed E-state index contributed by atoms with van der Waals surface area (Å²) in [6, 6.07) is 5.72. The Morgan fingerprint density at radius 2 is 2.23 bits per heavy atom. The van der Waals surface area contributed by atoms with E-state index in [4.69, 9.17) is 16.7 Å². The summed E-state index contributed by atoms with van der Waals surface area (Å²) in [6.07, 6.45) is 0. The molecule has 0 aliphatic rings. The van der Waals surface area contributed by atoms with E-state index in [1.54, 1.807) is 0 Å². The normalized spacial score (nSPS) is 9.15. The van der Waals surface area contributed by atoms with Crippen LogP contribution >= 0.6 is 11.6 Å². The van der Waals surface area contributed by atoms with Crippen molar-refractivity contribution in [2.24, 2.45) is 0 Å². The molecule has 0 aromatic heterocycles. The van der Waals surface area contributed by atoms with Gasteiger partial charge in [-0.1, -0.05) is 24.0 Å². The standard InChI is InChI=1S/C11H11ClO/c1-9-4-5-10(8-13)7-11(9)3-2-6-12/h4-5,7,13H,6,8H2,1H3. The smallest absolute Gasteiger partial charge is 0.0839 e. The molecule has 0 radical (unpaired) electrons. The van der Waals surface area contributed by atoms with Crippen molar-refractivity contribution in [1.82, 2.24) is 0 Å². The van der Waals surface area contributed by atoms with Crippen LogP contribution in [0.4, 0.5) is 0 Å². The van der Waals surface area contributed by atoms with Gasteiger partial charge in [0.1, 0.15) is 0 Å². The maximum atomic E-state index is 8.90. The van der Waals surface area contributed by atoms with E-state index in [1.165, 1.54) is 0 Å². The van der Waals surface area contributed by atoms with Crippen LogP contribution in [0.25, 0.3) is 0 Å². The molecule has 1 aromatic rings. The van der Waals surface area contributed by atoms with Crippen LogP contribution in [0.1, 0.15) is 16.7 Å². The van der Waals surface area contributed by atoms with Gasteiger partial charge in [-0.15, -0.1) is 11.6 Å². The van der Waals surface area contributed by atoms with E-state index in [-0.39, 0.29) is 6.61 Å². The van der Waals surface area contributed by atoms with Crippen molar-refractivity contribution in [3.8, 4) is 11.8 Å². The van der Waals surface area contributed by atoms with Crippen LogP contribution in [-0.2, 0) is 6.61 Å². The van der Waals surface area contributed by atoms with Gasteiger partial charge >= 0.3 is 0 Å². The number of hydrogen-bond acceptors (Lipinski definition) is 1. The SMILES string of the molecule is Cc1ccc(CO)cc1C#CCCl. The van der Waals surface area contributed by atoms with Gasteiger partial charge in [0.15, 0.2) is 0 Å². The van der Waals surface area contributed by atoms with Crippen LogP contribution in [0, 0.1) is 18.8 Å². The van der Waals surface area contributed by atoms with Crippen molar-refractivity contribution in [3.05, 3.63) is 34.9 Å². The zero-order valence-corrected chi connectivity index (χ0v) is 8.23. The van der Waals surface area contributed by atoms with Gasteiger partial charge in [0.25, 0.3) is 0 Å². The Balaban J connectivity index is 3.04. The van der Waals surface area contributed by atoms with Gasteiger partial charge < -0.3 is 5.11 Å². The molecule has 0 saturated heterocycles. The molecule has 0 spiro atoms. The van der Waals surface area contributed by atoms with Crippen LogP contribution in [0.3, 0.4) is 0 Å². The molecule has 0 fully saturated rings. The quantitative estimate of drug-likeness (QED) is 0.536. The van der Waals surface area contributed by atoms with E-state index < -0.39 is 0 Å². The monoisotopic (exact) mass is 194 g/mol. The molecule has 1 aromatic carbocycles. The predicted octanol–water partition coefficient (Wildman–Crippen LogP) is 2.08. The Bertz CT molecular complexity index is 347. The number of alkyl halides is 1. The summed E-state index contributed by atoms with van der Waals surface area (Å²) in [5, 5.41) is 8.90. The second-order valence-corrected chi connectivity index (χ2v) is 3.01. The first-order valence-electron chi connectivity index (χ1n) is 4.03. The second kappa shape index (κ2) is 4.91. The van der Waals surface area contributed by atoms with Gasteiger partial charge in [-0.2, -0.15) is 0 Å². The Morgan fingerprint density at radius 1 is 1.46 bits per heavy atom. The maximum absolute atomic E-state index is 8.90. The minimum absolute atomic E-state index is 0.0514. The molecule has 0 aliphatic heterocycles. The molecule has 0 aliphatic carbocycles. The van der Waals surface area contributed by atoms with Crippen molar-refractivity contribution in [1.29, 1.82) is 0 Å². The van der Waals surface area contributed by atoms with E-state index >= 15 is 0 Å². The summed E-state index contributed by atoms with van der Waals surface area (Å²) < 4.78 is 0. The van der Waals surface area contributed by atoms with Gasteiger partial charge in [0.05, 0.1) is 12.5 Å². The molecular weight excluding hydrogens is 184 g/mol. The van der Waals surface area contributed by atoms with Gasteiger partial charge in [0, 0.05) is 5.56 Å². The first kappa shape index (κ1) is 10.1. The molecule has 13 heavy (non-hydrogen) atoms. The summed E-state index contributed by atoms with van der Waals surface area (Å²) in [7, 11) is 0. The number of benzene rings is 1. The lowest BCUT2D eigenvalue weighted by Crippen LogP contribution is -1.88. The fourth-order valence-electron chi connectivity index (χ4n) is 1.03. The summed E-state index contributed by atoms with van der Waals surface area (Å²) in [5.41, 5.74) is 2.92. The Kier molecular flexibility index (Phi) is 3.82. The molecule has 0 atom stereocenters. The number of aryl methyl sites for hydroxylation is 1. The molecule has 0 saturated carbocycles. The zero-order valence-electron chi connectivity index (χ0n) is 7.47. The lowest BCUT2D eigenvalue weighted by molar-refractivity contribution is 0.282. The molecule has 1 nitrogen and oxygen atoms in total. The van der Waals surface area contributed by atoms with Crippen LogP contribution in [-0.4, -0.2) is 11.0 Å². The van der Waals surface area contributed by atoms with Crippen LogP contribution in [0.15, 0.2) is 18.2 Å². The molecule has 0 bridgehead atoms. The molecule has 2 heteroatoms. The minimum Gasteiger partial charge on any atom is -0.392 e. The van der Waals surface area contributed by atoms with Crippen LogP contribution in [0.5, 0.6) is 0 Å². The molecule has 68 valence electrons. The van der Waals surface area contributed by atoms with Crippen LogP contribution in [0.2, 0.25) is 0 Å². The van der Waals surface area contributed by atoms with E-state index in [1.807, 2.05) is 25.1 Å². The van der Waals surface area contributed by atoms with E-state index in [0.29, 0.717) is 5.88 Å². The average molecular weight is 195 g/mol. The summed E-state index contributed by atoms with van der Waals surface area (Å²) >= 11 is 5.45. The topological polar surface area (TPSA) is 20.2 Å². The first-order valence-corrected chi connectivity index (χ1v) is 4.56. The number of rotatable bonds is 1. The van der Waals surface area contributed by atoms with Crippen molar-refractivity contribution >= 4 is 11.6 Å². The highest BCUT2D eigenvalue weighted by Gasteiger charge is 1.96. The Labute approximate surface area is 83.4 Å². The molecule has 0 unspecified atom stereocenters. The third kappa shape index (κ3) is 2.77. The highest BCUT2D eigenvalue weighted by atomic mass is 35.5. The lowest BCUT2D eigenvalue weighted by atomic mass is 10.1. The number of aliphatic hydroxyl groups excluding tert-OH is 1. The summed E-state index contributed by atoms with van der Waals surface area (Å²) in [6.45, 7) is 2.04. The van der Waals surface area contributed by atoms with Gasteiger partial charge in [-0.25, -0.2) is 0 Å². The molecule has 0 heterocycles.